The highest BCUT2D eigenvalue weighted by Crippen LogP contribution is 2.25. The lowest BCUT2D eigenvalue weighted by Crippen LogP contribution is -2.40. The molecule has 2 aromatic heterocycles. The first-order valence-corrected chi connectivity index (χ1v) is 8.29. The van der Waals surface area contributed by atoms with Crippen molar-refractivity contribution in [1.29, 1.82) is 0 Å². The molecular weight excluding hydrogens is 318 g/mol. The van der Waals surface area contributed by atoms with Crippen LogP contribution in [-0.2, 0) is 0 Å². The summed E-state index contributed by atoms with van der Waals surface area (Å²) in [5.41, 5.74) is 3.74. The zero-order chi connectivity index (χ0) is 16.3. The molecule has 0 amide bonds. The van der Waals surface area contributed by atoms with Crippen LogP contribution in [0.3, 0.4) is 0 Å². The highest BCUT2D eigenvalue weighted by molar-refractivity contribution is 7.80. The van der Waals surface area contributed by atoms with E-state index in [1.165, 1.54) is 22.3 Å². The van der Waals surface area contributed by atoms with E-state index in [-0.39, 0.29) is 5.56 Å². The van der Waals surface area contributed by atoms with Crippen LogP contribution in [0.15, 0.2) is 11.1 Å². The van der Waals surface area contributed by atoms with Gasteiger partial charge >= 0.3 is 0 Å². The predicted octanol–water partition coefficient (Wildman–Crippen LogP) is 1.44. The lowest BCUT2D eigenvalue weighted by molar-refractivity contribution is 0.400. The van der Waals surface area contributed by atoms with Gasteiger partial charge in [0, 0.05) is 11.4 Å². The van der Waals surface area contributed by atoms with Gasteiger partial charge in [-0.15, -0.1) is 11.3 Å². The van der Waals surface area contributed by atoms with Crippen LogP contribution in [0.4, 0.5) is 0 Å². The van der Waals surface area contributed by atoms with Crippen LogP contribution >= 0.6 is 23.6 Å². The van der Waals surface area contributed by atoms with Crippen molar-refractivity contribution < 1.29 is 0 Å². The molecule has 0 aromatic carbocycles. The molecule has 8 heteroatoms. The van der Waals surface area contributed by atoms with Gasteiger partial charge in [-0.3, -0.25) is 10.2 Å². The third-order valence-corrected chi connectivity index (χ3v) is 4.73. The molecule has 0 aliphatic carbocycles. The van der Waals surface area contributed by atoms with Gasteiger partial charge in [-0.05, 0) is 58.7 Å². The lowest BCUT2D eigenvalue weighted by atomic mass is 10.2. The molecule has 2 N–H and O–H groups in total. The normalized spacial score (nSPS) is 11.1. The van der Waals surface area contributed by atoms with E-state index < -0.39 is 0 Å². The summed E-state index contributed by atoms with van der Waals surface area (Å²) < 4.78 is 1.34. The minimum absolute atomic E-state index is 0.121. The van der Waals surface area contributed by atoms with Gasteiger partial charge in [-0.2, -0.15) is 0 Å². The van der Waals surface area contributed by atoms with Crippen molar-refractivity contribution >= 4 is 38.9 Å². The summed E-state index contributed by atoms with van der Waals surface area (Å²) in [6.45, 7) is 5.68. The zero-order valence-electron chi connectivity index (χ0n) is 13.3. The van der Waals surface area contributed by atoms with Gasteiger partial charge in [0.05, 0.1) is 5.39 Å². The molecule has 0 saturated heterocycles. The second-order valence-corrected chi connectivity index (χ2v) is 7.02. The molecule has 0 radical (unpaired) electrons. The Bertz CT molecular complexity index is 735. The summed E-state index contributed by atoms with van der Waals surface area (Å²) in [6, 6.07) is 0. The minimum Gasteiger partial charge on any atom is -0.361 e. The first-order valence-electron chi connectivity index (χ1n) is 7.07. The van der Waals surface area contributed by atoms with Crippen molar-refractivity contribution in [2.45, 2.75) is 20.3 Å². The van der Waals surface area contributed by atoms with Gasteiger partial charge < -0.3 is 10.2 Å². The molecule has 0 atom stereocenters. The highest BCUT2D eigenvalue weighted by Gasteiger charge is 2.12. The maximum Gasteiger partial charge on any atom is 0.281 e. The fourth-order valence-corrected chi connectivity index (χ4v) is 3.25. The Hall–Kier alpha value is -1.51. The molecule has 0 unspecified atom stereocenters. The molecule has 22 heavy (non-hydrogen) atoms. The highest BCUT2D eigenvalue weighted by atomic mass is 32.1. The third kappa shape index (κ3) is 3.82. The number of fused-ring (bicyclic) bond motifs is 1. The van der Waals surface area contributed by atoms with Crippen LogP contribution < -0.4 is 16.3 Å². The maximum atomic E-state index is 12.5. The Balaban J connectivity index is 2.05. The SMILES string of the molecule is Cc1sc2ncn(NC(=S)NCCCN(C)C)c(=O)c2c1C. The van der Waals surface area contributed by atoms with Crippen LogP contribution in [0.2, 0.25) is 0 Å². The summed E-state index contributed by atoms with van der Waals surface area (Å²) in [7, 11) is 4.06. The summed E-state index contributed by atoms with van der Waals surface area (Å²) in [5.74, 6) is 0. The molecule has 2 heterocycles. The van der Waals surface area contributed by atoms with Gasteiger partial charge in [-0.25, -0.2) is 9.66 Å². The molecule has 2 aromatic rings. The first-order chi connectivity index (χ1) is 10.4. The Morgan fingerprint density at radius 1 is 1.45 bits per heavy atom. The minimum atomic E-state index is -0.121. The topological polar surface area (TPSA) is 62.2 Å². The molecule has 0 aliphatic rings. The van der Waals surface area contributed by atoms with Gasteiger partial charge in [0.2, 0.25) is 0 Å². The van der Waals surface area contributed by atoms with Crippen LogP contribution in [-0.4, -0.2) is 46.9 Å². The van der Waals surface area contributed by atoms with E-state index in [9.17, 15) is 4.79 Å². The number of hydrogen-bond acceptors (Lipinski definition) is 5. The van der Waals surface area contributed by atoms with Crippen molar-refractivity contribution in [1.82, 2.24) is 19.9 Å². The quantitative estimate of drug-likeness (QED) is 0.635. The summed E-state index contributed by atoms with van der Waals surface area (Å²) in [4.78, 5) is 20.8. The van der Waals surface area contributed by atoms with Crippen LogP contribution in [0, 0.1) is 13.8 Å². The molecule has 0 spiro atoms. The van der Waals surface area contributed by atoms with E-state index in [0.29, 0.717) is 10.5 Å². The lowest BCUT2D eigenvalue weighted by Gasteiger charge is -2.13. The molecule has 6 nitrogen and oxygen atoms in total. The molecule has 2 rings (SSSR count). The number of nitrogens with zero attached hydrogens (tertiary/aromatic N) is 3. The molecule has 0 fully saturated rings. The smallest absolute Gasteiger partial charge is 0.281 e. The average molecular weight is 339 g/mol. The van der Waals surface area contributed by atoms with Gasteiger partial charge in [0.25, 0.3) is 5.56 Å². The van der Waals surface area contributed by atoms with Crippen LogP contribution in [0.5, 0.6) is 0 Å². The van der Waals surface area contributed by atoms with Crippen LogP contribution in [0.25, 0.3) is 10.2 Å². The van der Waals surface area contributed by atoms with Crippen molar-refractivity contribution in [2.24, 2.45) is 0 Å². The average Bonchev–Trinajstić information content (AvgIpc) is 2.74. The van der Waals surface area contributed by atoms with Crippen molar-refractivity contribution in [2.75, 3.05) is 32.6 Å². The summed E-state index contributed by atoms with van der Waals surface area (Å²) >= 11 is 6.75. The standard InChI is InChI=1S/C14H21N5OS2/c1-9-10(2)22-12-11(9)13(20)19(8-16-12)17-14(21)15-6-5-7-18(3)4/h8H,5-7H2,1-4H3,(H2,15,17,21). The third-order valence-electron chi connectivity index (χ3n) is 3.38. The first kappa shape index (κ1) is 16.9. The monoisotopic (exact) mass is 339 g/mol. The van der Waals surface area contributed by atoms with Crippen molar-refractivity contribution in [3.8, 4) is 0 Å². The van der Waals surface area contributed by atoms with Crippen molar-refractivity contribution in [3.05, 3.63) is 27.1 Å². The second kappa shape index (κ2) is 7.17. The van der Waals surface area contributed by atoms with E-state index in [1.807, 2.05) is 27.9 Å². The number of hydrogen-bond donors (Lipinski definition) is 2. The Kier molecular flexibility index (Phi) is 5.49. The van der Waals surface area contributed by atoms with Gasteiger partial charge in [0.1, 0.15) is 11.2 Å². The Morgan fingerprint density at radius 3 is 2.86 bits per heavy atom. The molecule has 0 bridgehead atoms. The molecule has 120 valence electrons. The maximum absolute atomic E-state index is 12.5. The van der Waals surface area contributed by atoms with Crippen molar-refractivity contribution in [3.63, 3.8) is 0 Å². The fourth-order valence-electron chi connectivity index (χ4n) is 2.06. The predicted molar refractivity (Wildman–Crippen MR) is 96.5 cm³/mol. The Morgan fingerprint density at radius 2 is 2.18 bits per heavy atom. The Labute approximate surface area is 139 Å². The fraction of sp³-hybridized carbons (Fsp3) is 0.500. The number of aryl methyl sites for hydroxylation is 2. The number of thiocarbonyl (C=S) groups is 1. The summed E-state index contributed by atoms with van der Waals surface area (Å²) in [6.07, 6.45) is 2.46. The van der Waals surface area contributed by atoms with E-state index in [2.05, 4.69) is 20.6 Å². The molecular formula is C14H21N5OS2. The van der Waals surface area contributed by atoms with E-state index in [1.54, 1.807) is 0 Å². The largest absolute Gasteiger partial charge is 0.361 e. The molecule has 0 aliphatic heterocycles. The van der Waals surface area contributed by atoms with E-state index >= 15 is 0 Å². The van der Waals surface area contributed by atoms with Gasteiger partial charge in [-0.1, -0.05) is 0 Å². The van der Waals surface area contributed by atoms with E-state index in [4.69, 9.17) is 12.2 Å². The van der Waals surface area contributed by atoms with Crippen LogP contribution in [0.1, 0.15) is 16.9 Å². The molecule has 0 saturated carbocycles. The van der Waals surface area contributed by atoms with Gasteiger partial charge in [0.15, 0.2) is 5.11 Å². The second-order valence-electron chi connectivity index (χ2n) is 5.41. The summed E-state index contributed by atoms with van der Waals surface area (Å²) in [5, 5.41) is 4.17. The number of nitrogens with one attached hydrogen (secondary N) is 2. The number of rotatable bonds is 5. The van der Waals surface area contributed by atoms with E-state index in [0.717, 1.165) is 34.8 Å². The zero-order valence-corrected chi connectivity index (χ0v) is 14.9. The number of aromatic nitrogens is 2. The number of thiophene rings is 1.